The molecule has 0 radical (unpaired) electrons. The van der Waals surface area contributed by atoms with Gasteiger partial charge in [-0.15, -0.1) is 0 Å². The van der Waals surface area contributed by atoms with Crippen molar-refractivity contribution in [2.75, 3.05) is 5.73 Å². The Balaban J connectivity index is 1.92. The Morgan fingerprint density at radius 3 is 2.52 bits per heavy atom. The zero-order valence-corrected chi connectivity index (χ0v) is 20.0. The van der Waals surface area contributed by atoms with Gasteiger partial charge in [0.05, 0.1) is 5.92 Å². The fourth-order valence-corrected chi connectivity index (χ4v) is 4.94. The van der Waals surface area contributed by atoms with Crippen molar-refractivity contribution in [2.24, 2.45) is 0 Å². The molecule has 0 aliphatic carbocycles. The number of nitrogen functional groups attached to an aromatic ring is 1. The van der Waals surface area contributed by atoms with E-state index in [1.165, 1.54) is 4.57 Å². The van der Waals surface area contributed by atoms with Crippen LogP contribution in [-0.2, 0) is 0 Å². The summed E-state index contributed by atoms with van der Waals surface area (Å²) in [7, 11) is 0. The molecule has 2 N–H and O–H groups in total. The van der Waals surface area contributed by atoms with Gasteiger partial charge in [0.15, 0.2) is 0 Å². The molecule has 5 rings (SSSR count). The smallest absolute Gasteiger partial charge is 0.362 e. The molecule has 152 valence electrons. The van der Waals surface area contributed by atoms with E-state index in [0.29, 0.717) is 5.69 Å². The highest BCUT2D eigenvalue weighted by Gasteiger charge is 2.36. The predicted molar refractivity (Wildman–Crippen MR) is 131 cm³/mol. The normalized spacial score (nSPS) is 15.5. The van der Waals surface area contributed by atoms with Crippen molar-refractivity contribution in [3.63, 3.8) is 0 Å². The van der Waals surface area contributed by atoms with Gasteiger partial charge in [-0.05, 0) is 74.5 Å². The molecule has 0 spiro atoms. The molecule has 0 amide bonds. The molecule has 1 atom stereocenters. The molecule has 2 aromatic carbocycles. The highest BCUT2D eigenvalue weighted by molar-refractivity contribution is 14.1. The number of hydrogen-bond acceptors (Lipinski definition) is 6. The third kappa shape index (κ3) is 3.21. The first-order valence-corrected chi connectivity index (χ1v) is 11.3. The minimum atomic E-state index is -0.577. The van der Waals surface area contributed by atoms with E-state index in [1.807, 2.05) is 48.5 Å². The number of nitriles is 1. The number of oxazole rings is 2. The van der Waals surface area contributed by atoms with Crippen molar-refractivity contribution < 1.29 is 8.83 Å². The van der Waals surface area contributed by atoms with Crippen molar-refractivity contribution in [2.45, 2.75) is 5.92 Å². The molecule has 0 bridgehead atoms. The van der Waals surface area contributed by atoms with E-state index in [2.05, 4.69) is 56.2 Å². The van der Waals surface area contributed by atoms with Crippen LogP contribution in [0.25, 0.3) is 17.5 Å². The average molecular weight is 634 g/mol. The molecule has 3 heterocycles. The summed E-state index contributed by atoms with van der Waals surface area (Å²) in [5.74, 6) is -0.288. The molecule has 2 aromatic heterocycles. The van der Waals surface area contributed by atoms with Gasteiger partial charge in [-0.1, -0.05) is 36.4 Å². The van der Waals surface area contributed by atoms with Crippen LogP contribution in [0.5, 0.6) is 0 Å². The van der Waals surface area contributed by atoms with Gasteiger partial charge in [-0.25, -0.2) is 9.36 Å². The standard InChI is InChI=1S/C22H12I2N4O3/c23-14-7-3-1-5-11(14)9-16-21(29)30-19-13(10-25)17(12-6-2-4-8-15(12)24)18-20(28(16)19)31-22(26)27-18/h1-9,17H,(H2,26,27)/b16-9+/t17-/m1/s1. The van der Waals surface area contributed by atoms with E-state index >= 15 is 0 Å². The number of rotatable bonds is 2. The Morgan fingerprint density at radius 1 is 1.10 bits per heavy atom. The molecular weight excluding hydrogens is 622 g/mol. The molecule has 9 heteroatoms. The van der Waals surface area contributed by atoms with Gasteiger partial charge in [0.1, 0.15) is 22.7 Å². The summed E-state index contributed by atoms with van der Waals surface area (Å²) in [5.41, 5.74) is 7.88. The van der Waals surface area contributed by atoms with Crippen LogP contribution >= 0.6 is 45.2 Å². The Kier molecular flexibility index (Phi) is 4.98. The summed E-state index contributed by atoms with van der Waals surface area (Å²) in [5, 5.41) is 10.3. The summed E-state index contributed by atoms with van der Waals surface area (Å²) < 4.78 is 14.7. The number of aromatic nitrogens is 2. The first-order valence-electron chi connectivity index (χ1n) is 9.13. The minimum absolute atomic E-state index is 0.0486. The highest BCUT2D eigenvalue weighted by atomic mass is 127. The average Bonchev–Trinajstić information content (AvgIpc) is 3.28. The van der Waals surface area contributed by atoms with Gasteiger partial charge in [0.2, 0.25) is 11.4 Å². The zero-order valence-electron chi connectivity index (χ0n) is 15.7. The zero-order chi connectivity index (χ0) is 21.7. The quantitative estimate of drug-likeness (QED) is 0.340. The van der Waals surface area contributed by atoms with Gasteiger partial charge in [-0.3, -0.25) is 0 Å². The molecular formula is C22H12I2N4O3. The number of halogens is 2. The van der Waals surface area contributed by atoms with Gasteiger partial charge >= 0.3 is 5.63 Å². The summed E-state index contributed by atoms with van der Waals surface area (Å²) in [6.07, 6.45) is 1.71. The van der Waals surface area contributed by atoms with E-state index in [9.17, 15) is 10.1 Å². The molecule has 31 heavy (non-hydrogen) atoms. The Morgan fingerprint density at radius 2 is 1.81 bits per heavy atom. The number of anilines is 1. The van der Waals surface area contributed by atoms with Crippen LogP contribution in [0, 0.1) is 18.5 Å². The molecule has 0 saturated heterocycles. The first kappa shape index (κ1) is 20.1. The molecule has 1 aliphatic rings. The number of nitrogens with zero attached hydrogens (tertiary/aromatic N) is 3. The third-order valence-corrected chi connectivity index (χ3v) is 6.99. The van der Waals surface area contributed by atoms with Crippen LogP contribution in [0.1, 0.15) is 22.7 Å². The maximum absolute atomic E-state index is 12.9. The predicted octanol–water partition coefficient (Wildman–Crippen LogP) is 2.86. The number of fused-ring (bicyclic) bond motifs is 3. The lowest BCUT2D eigenvalue weighted by Gasteiger charge is -2.20. The van der Waals surface area contributed by atoms with E-state index in [0.717, 1.165) is 18.3 Å². The summed E-state index contributed by atoms with van der Waals surface area (Å²) >= 11 is 4.40. The van der Waals surface area contributed by atoms with Crippen LogP contribution in [-0.4, -0.2) is 9.55 Å². The number of benzene rings is 2. The van der Waals surface area contributed by atoms with Crippen LogP contribution in [0.2, 0.25) is 0 Å². The van der Waals surface area contributed by atoms with Crippen LogP contribution in [0.3, 0.4) is 0 Å². The minimum Gasteiger partial charge on any atom is -0.406 e. The van der Waals surface area contributed by atoms with Gasteiger partial charge in [0, 0.05) is 7.14 Å². The third-order valence-electron chi connectivity index (χ3n) is 5.02. The molecule has 1 aliphatic heterocycles. The molecule has 0 unspecified atom stereocenters. The van der Waals surface area contributed by atoms with Crippen molar-refractivity contribution in [1.29, 1.82) is 5.26 Å². The van der Waals surface area contributed by atoms with E-state index in [1.54, 1.807) is 6.08 Å². The van der Waals surface area contributed by atoms with Crippen LogP contribution in [0.15, 0.2) is 62.2 Å². The maximum Gasteiger partial charge on any atom is 0.362 e. The second kappa shape index (κ2) is 7.69. The Hall–Kier alpha value is -2.85. The van der Waals surface area contributed by atoms with Crippen molar-refractivity contribution in [3.8, 4) is 12.0 Å². The second-order valence-corrected chi connectivity index (χ2v) is 9.13. The van der Waals surface area contributed by atoms with Crippen molar-refractivity contribution in [1.82, 2.24) is 9.55 Å². The van der Waals surface area contributed by atoms with Gasteiger partial charge in [-0.2, -0.15) is 10.2 Å². The molecule has 0 saturated carbocycles. The van der Waals surface area contributed by atoms with Crippen LogP contribution < -0.4 is 22.3 Å². The molecule has 4 aromatic rings. The Bertz CT molecular complexity index is 1570. The van der Waals surface area contributed by atoms with Crippen molar-refractivity contribution in [3.05, 3.63) is 93.8 Å². The SMILES string of the molecule is N#CC1=c2oc(=O)/c(=C\c3ccccc3I)n2-c2oc(N)nc2[C@@H]1c1ccccc1I. The van der Waals surface area contributed by atoms with Crippen molar-refractivity contribution >= 4 is 62.8 Å². The topological polar surface area (TPSA) is 111 Å². The fourth-order valence-electron chi connectivity index (χ4n) is 3.70. The number of hydrogen-bond donors (Lipinski definition) is 1. The van der Waals surface area contributed by atoms with Gasteiger partial charge < -0.3 is 14.6 Å². The Labute approximate surface area is 202 Å². The number of nitrogens with two attached hydrogens (primary N) is 1. The van der Waals surface area contributed by atoms with E-state index < -0.39 is 11.5 Å². The summed E-state index contributed by atoms with van der Waals surface area (Å²) in [6.45, 7) is 0. The summed E-state index contributed by atoms with van der Waals surface area (Å²) in [6, 6.07) is 17.4. The lowest BCUT2D eigenvalue weighted by molar-refractivity contribution is 0.455. The lowest BCUT2D eigenvalue weighted by atomic mass is 9.88. The van der Waals surface area contributed by atoms with Crippen LogP contribution in [0.4, 0.5) is 6.01 Å². The van der Waals surface area contributed by atoms with Gasteiger partial charge in [0.25, 0.3) is 6.01 Å². The monoisotopic (exact) mass is 634 g/mol. The molecule has 0 fully saturated rings. The van der Waals surface area contributed by atoms with E-state index in [4.69, 9.17) is 14.6 Å². The van der Waals surface area contributed by atoms with E-state index in [-0.39, 0.29) is 28.4 Å². The fraction of sp³-hybridized carbons (Fsp3) is 0.0455. The summed E-state index contributed by atoms with van der Waals surface area (Å²) in [4.78, 5) is 17.2. The largest absolute Gasteiger partial charge is 0.406 e. The second-order valence-electron chi connectivity index (χ2n) is 6.80. The molecule has 7 nitrogen and oxygen atoms in total. The lowest BCUT2D eigenvalue weighted by Crippen LogP contribution is -2.35. The first-order chi connectivity index (χ1) is 15.0. The highest BCUT2D eigenvalue weighted by Crippen LogP contribution is 2.39. The maximum atomic E-state index is 12.9.